The zero-order chi connectivity index (χ0) is 25.8. The van der Waals surface area contributed by atoms with E-state index >= 15 is 0 Å². The Kier molecular flexibility index (Phi) is 6.96. The molecule has 0 fully saturated rings. The minimum atomic E-state index is -2.68. The highest BCUT2D eigenvalue weighted by atomic mass is 19.3. The van der Waals surface area contributed by atoms with Crippen LogP contribution in [0.5, 0.6) is 0 Å². The highest BCUT2D eigenvalue weighted by Gasteiger charge is 2.17. The maximum atomic E-state index is 13.2. The molecule has 3 N–H and O–H groups in total. The quantitative estimate of drug-likeness (QED) is 0.216. The average molecular weight is 499 g/mol. The van der Waals surface area contributed by atoms with Crippen LogP contribution in [0.25, 0.3) is 28.2 Å². The van der Waals surface area contributed by atoms with E-state index in [-0.39, 0.29) is 11.1 Å². The summed E-state index contributed by atoms with van der Waals surface area (Å²) in [6.45, 7) is 1.21. The van der Waals surface area contributed by atoms with Crippen LogP contribution in [-0.2, 0) is 13.0 Å². The SMILES string of the molecule is Nc1ncccc1-c1nc2cccnc2n1-c1ccc(CNCCc2ccc(C=O)c(C(F)F)c2)cc1. The Balaban J connectivity index is 1.30. The van der Waals surface area contributed by atoms with Crippen molar-refractivity contribution in [2.45, 2.75) is 19.4 Å². The summed E-state index contributed by atoms with van der Waals surface area (Å²) < 4.78 is 28.3. The van der Waals surface area contributed by atoms with Crippen molar-refractivity contribution in [2.24, 2.45) is 0 Å². The van der Waals surface area contributed by atoms with E-state index in [1.165, 1.54) is 12.1 Å². The van der Waals surface area contributed by atoms with E-state index in [1.807, 2.05) is 53.1 Å². The first-order chi connectivity index (χ1) is 18.0. The minimum Gasteiger partial charge on any atom is -0.383 e. The van der Waals surface area contributed by atoms with Crippen LogP contribution in [-0.4, -0.2) is 32.3 Å². The number of anilines is 1. The fourth-order valence-electron chi connectivity index (χ4n) is 4.25. The maximum absolute atomic E-state index is 13.2. The van der Waals surface area contributed by atoms with E-state index in [2.05, 4.69) is 15.3 Å². The minimum absolute atomic E-state index is 0.0297. The Morgan fingerprint density at radius 2 is 1.73 bits per heavy atom. The molecule has 2 aromatic carbocycles. The number of hydrogen-bond donors (Lipinski definition) is 2. The van der Waals surface area contributed by atoms with Gasteiger partial charge in [0.2, 0.25) is 0 Å². The Labute approximate surface area is 212 Å². The number of hydrogen-bond acceptors (Lipinski definition) is 6. The Hall–Kier alpha value is -4.50. The first kappa shape index (κ1) is 24.2. The Morgan fingerprint density at radius 3 is 2.49 bits per heavy atom. The standard InChI is InChI=1S/C28H24F2N6O/c29-25(30)23-15-18(5-8-20(23)17-37)11-14-32-16-19-6-9-21(10-7-19)36-27(22-3-1-12-33-26(22)31)35-24-4-2-13-34-28(24)36/h1-10,12-13,15,17,25,32H,11,14,16H2,(H2,31,33). The molecule has 0 aliphatic rings. The molecule has 7 nitrogen and oxygen atoms in total. The Bertz CT molecular complexity index is 1550. The van der Waals surface area contributed by atoms with Crippen molar-refractivity contribution in [2.75, 3.05) is 12.3 Å². The molecule has 5 rings (SSSR count). The van der Waals surface area contributed by atoms with Gasteiger partial charge in [-0.2, -0.15) is 0 Å². The number of nitrogens with one attached hydrogen (secondary N) is 1. The van der Waals surface area contributed by atoms with E-state index < -0.39 is 6.43 Å². The number of benzene rings is 2. The van der Waals surface area contributed by atoms with Gasteiger partial charge in [-0.25, -0.2) is 23.7 Å². The molecular weight excluding hydrogens is 474 g/mol. The molecule has 0 atom stereocenters. The van der Waals surface area contributed by atoms with Crippen molar-refractivity contribution in [3.63, 3.8) is 0 Å². The van der Waals surface area contributed by atoms with E-state index in [0.29, 0.717) is 37.4 Å². The average Bonchev–Trinajstić information content (AvgIpc) is 3.31. The number of carbonyl (C=O) groups excluding carboxylic acids is 1. The highest BCUT2D eigenvalue weighted by Crippen LogP contribution is 2.30. The van der Waals surface area contributed by atoms with Gasteiger partial charge in [0.15, 0.2) is 17.8 Å². The fourth-order valence-corrected chi connectivity index (χ4v) is 4.25. The molecule has 0 amide bonds. The number of aldehydes is 1. The van der Waals surface area contributed by atoms with Crippen LogP contribution in [0.15, 0.2) is 79.1 Å². The summed E-state index contributed by atoms with van der Waals surface area (Å²) in [6.07, 6.45) is 1.73. The van der Waals surface area contributed by atoms with Crippen LogP contribution in [0.2, 0.25) is 0 Å². The molecule has 0 bridgehead atoms. The number of rotatable bonds is 9. The third-order valence-electron chi connectivity index (χ3n) is 6.12. The molecule has 5 aromatic rings. The van der Waals surface area contributed by atoms with Crippen molar-refractivity contribution in [1.29, 1.82) is 0 Å². The van der Waals surface area contributed by atoms with Gasteiger partial charge in [-0.1, -0.05) is 24.3 Å². The van der Waals surface area contributed by atoms with Gasteiger partial charge in [0.25, 0.3) is 6.43 Å². The third kappa shape index (κ3) is 5.07. The first-order valence-corrected chi connectivity index (χ1v) is 11.8. The van der Waals surface area contributed by atoms with Crippen LogP contribution in [0.3, 0.4) is 0 Å². The smallest absolute Gasteiger partial charge is 0.264 e. The molecule has 0 radical (unpaired) electrons. The van der Waals surface area contributed by atoms with Crippen LogP contribution in [0.1, 0.15) is 33.5 Å². The predicted molar refractivity (Wildman–Crippen MR) is 139 cm³/mol. The molecule has 0 spiro atoms. The van der Waals surface area contributed by atoms with Gasteiger partial charge < -0.3 is 11.1 Å². The number of alkyl halides is 2. The zero-order valence-corrected chi connectivity index (χ0v) is 19.8. The number of pyridine rings is 2. The van der Waals surface area contributed by atoms with Gasteiger partial charge >= 0.3 is 0 Å². The van der Waals surface area contributed by atoms with Crippen LogP contribution in [0.4, 0.5) is 14.6 Å². The molecule has 3 heterocycles. The molecule has 0 aliphatic carbocycles. The van der Waals surface area contributed by atoms with E-state index in [1.54, 1.807) is 18.5 Å². The summed E-state index contributed by atoms with van der Waals surface area (Å²) in [5, 5.41) is 3.34. The summed E-state index contributed by atoms with van der Waals surface area (Å²) in [5.74, 6) is 1.05. The molecular formula is C28H24F2N6O. The number of nitrogen functional groups attached to an aromatic ring is 1. The van der Waals surface area contributed by atoms with E-state index in [4.69, 9.17) is 10.7 Å². The van der Waals surface area contributed by atoms with Gasteiger partial charge in [-0.05, 0) is 66.6 Å². The second-order valence-electron chi connectivity index (χ2n) is 8.53. The fraction of sp³-hybridized carbons (Fsp3) is 0.143. The lowest BCUT2D eigenvalue weighted by Crippen LogP contribution is -2.17. The van der Waals surface area contributed by atoms with Gasteiger partial charge in [0.1, 0.15) is 11.3 Å². The number of nitrogens with zero attached hydrogens (tertiary/aromatic N) is 4. The predicted octanol–water partition coefficient (Wildman–Crippen LogP) is 5.15. The molecule has 0 saturated carbocycles. The lowest BCUT2D eigenvalue weighted by Gasteiger charge is -2.11. The summed E-state index contributed by atoms with van der Waals surface area (Å²) in [5.41, 5.74) is 10.9. The largest absolute Gasteiger partial charge is 0.383 e. The van der Waals surface area contributed by atoms with Gasteiger partial charge in [0, 0.05) is 35.8 Å². The maximum Gasteiger partial charge on any atom is 0.264 e. The van der Waals surface area contributed by atoms with Crippen molar-refractivity contribution in [3.05, 3.63) is 101 Å². The topological polar surface area (TPSA) is 98.7 Å². The lowest BCUT2D eigenvalue weighted by atomic mass is 10.0. The monoisotopic (exact) mass is 498 g/mol. The van der Waals surface area contributed by atoms with Crippen molar-refractivity contribution in [3.8, 4) is 17.1 Å². The molecule has 9 heteroatoms. The summed E-state index contributed by atoms with van der Waals surface area (Å²) >= 11 is 0. The molecule has 0 unspecified atom stereocenters. The van der Waals surface area contributed by atoms with Crippen LogP contribution < -0.4 is 11.1 Å². The van der Waals surface area contributed by atoms with E-state index in [9.17, 15) is 13.6 Å². The second kappa shape index (κ2) is 10.6. The van der Waals surface area contributed by atoms with E-state index in [0.717, 1.165) is 33.5 Å². The summed E-state index contributed by atoms with van der Waals surface area (Å²) in [6, 6.07) is 20.0. The van der Waals surface area contributed by atoms with Crippen molar-refractivity contribution in [1.82, 2.24) is 24.8 Å². The number of nitrogens with two attached hydrogens (primary N) is 1. The van der Waals surface area contributed by atoms with Crippen molar-refractivity contribution < 1.29 is 13.6 Å². The summed E-state index contributed by atoms with van der Waals surface area (Å²) in [7, 11) is 0. The number of carbonyl (C=O) groups is 1. The van der Waals surface area contributed by atoms with Crippen LogP contribution in [0, 0.1) is 0 Å². The molecule has 0 saturated heterocycles. The molecule has 37 heavy (non-hydrogen) atoms. The lowest BCUT2D eigenvalue weighted by molar-refractivity contribution is 0.110. The zero-order valence-electron chi connectivity index (χ0n) is 19.8. The van der Waals surface area contributed by atoms with Crippen molar-refractivity contribution >= 4 is 23.3 Å². The van der Waals surface area contributed by atoms with Gasteiger partial charge in [-0.15, -0.1) is 0 Å². The Morgan fingerprint density at radius 1 is 0.973 bits per heavy atom. The van der Waals surface area contributed by atoms with Crippen LogP contribution >= 0.6 is 0 Å². The molecule has 0 aliphatic heterocycles. The van der Waals surface area contributed by atoms with Gasteiger partial charge in [0.05, 0.1) is 5.56 Å². The summed E-state index contributed by atoms with van der Waals surface area (Å²) in [4.78, 5) is 24.5. The normalized spacial score (nSPS) is 11.3. The number of fused-ring (bicyclic) bond motifs is 1. The highest BCUT2D eigenvalue weighted by molar-refractivity contribution is 5.82. The molecule has 3 aromatic heterocycles. The second-order valence-corrected chi connectivity index (χ2v) is 8.53. The number of imidazole rings is 1. The molecule has 186 valence electrons. The van der Waals surface area contributed by atoms with Gasteiger partial charge in [-0.3, -0.25) is 9.36 Å². The third-order valence-corrected chi connectivity index (χ3v) is 6.12. The number of halogens is 2. The number of aromatic nitrogens is 4. The first-order valence-electron chi connectivity index (χ1n) is 11.8.